The van der Waals surface area contributed by atoms with Crippen molar-refractivity contribution in [2.24, 2.45) is 0 Å². The van der Waals surface area contributed by atoms with Gasteiger partial charge in [0, 0.05) is 13.3 Å². The second-order valence-electron chi connectivity index (χ2n) is 1.58. The zero-order valence-electron chi connectivity index (χ0n) is 4.50. The number of carbonyl (C=O) groups is 1. The van der Waals surface area contributed by atoms with Crippen molar-refractivity contribution in [3.8, 4) is 0 Å². The first-order chi connectivity index (χ1) is 3.66. The Balaban J connectivity index is 3.24. The molecule has 2 N–H and O–H groups in total. The summed E-state index contributed by atoms with van der Waals surface area (Å²) in [4.78, 5) is 10.0. The SMILES string of the molecule is [CH2]C(=O)CC(O)CO. The number of aliphatic hydroxyl groups excluding tert-OH is 2. The molecule has 3 nitrogen and oxygen atoms in total. The van der Waals surface area contributed by atoms with Crippen LogP contribution in [0.4, 0.5) is 0 Å². The van der Waals surface area contributed by atoms with E-state index in [1.807, 2.05) is 0 Å². The highest BCUT2D eigenvalue weighted by molar-refractivity contribution is 5.82. The highest BCUT2D eigenvalue weighted by Crippen LogP contribution is 1.88. The summed E-state index contributed by atoms with van der Waals surface area (Å²) < 4.78 is 0. The minimum Gasteiger partial charge on any atom is -0.394 e. The molecule has 0 heterocycles. The fraction of sp³-hybridized carbons (Fsp3) is 0.600. The van der Waals surface area contributed by atoms with Crippen LogP contribution in [0.15, 0.2) is 0 Å². The van der Waals surface area contributed by atoms with E-state index in [4.69, 9.17) is 10.2 Å². The lowest BCUT2D eigenvalue weighted by Gasteiger charge is -2.00. The van der Waals surface area contributed by atoms with Gasteiger partial charge in [0.25, 0.3) is 0 Å². The van der Waals surface area contributed by atoms with Crippen LogP contribution in [0.5, 0.6) is 0 Å². The molecular weight excluding hydrogens is 108 g/mol. The first-order valence-electron chi connectivity index (χ1n) is 2.30. The fourth-order valence-corrected chi connectivity index (χ4v) is 0.327. The minimum absolute atomic E-state index is 0.0590. The Hall–Kier alpha value is -0.410. The number of ketones is 1. The van der Waals surface area contributed by atoms with E-state index in [1.54, 1.807) is 0 Å². The van der Waals surface area contributed by atoms with Gasteiger partial charge >= 0.3 is 0 Å². The van der Waals surface area contributed by atoms with Crippen LogP contribution in [0.25, 0.3) is 0 Å². The van der Waals surface area contributed by atoms with E-state index >= 15 is 0 Å². The van der Waals surface area contributed by atoms with E-state index in [0.29, 0.717) is 0 Å². The van der Waals surface area contributed by atoms with Gasteiger partial charge in [-0.1, -0.05) is 0 Å². The molecule has 1 unspecified atom stereocenters. The smallest absolute Gasteiger partial charge is 0.136 e. The summed E-state index contributed by atoms with van der Waals surface area (Å²) in [5.74, 6) is -0.355. The van der Waals surface area contributed by atoms with Crippen molar-refractivity contribution in [3.05, 3.63) is 6.92 Å². The lowest BCUT2D eigenvalue weighted by Crippen LogP contribution is -2.15. The minimum atomic E-state index is -0.931. The zero-order chi connectivity index (χ0) is 6.57. The lowest BCUT2D eigenvalue weighted by molar-refractivity contribution is -0.117. The number of Topliss-reactive ketones (excluding diaryl/α,β-unsaturated/α-hetero) is 1. The summed E-state index contributed by atoms with van der Waals surface area (Å²) in [5, 5.41) is 16.7. The molecule has 47 valence electrons. The summed E-state index contributed by atoms with van der Waals surface area (Å²) in [6.45, 7) is 2.64. The van der Waals surface area contributed by atoms with Gasteiger partial charge in [-0.15, -0.1) is 0 Å². The van der Waals surface area contributed by atoms with Crippen LogP contribution < -0.4 is 0 Å². The van der Waals surface area contributed by atoms with Crippen molar-refractivity contribution < 1.29 is 15.0 Å². The second-order valence-corrected chi connectivity index (χ2v) is 1.58. The van der Waals surface area contributed by atoms with Gasteiger partial charge in [-0.2, -0.15) is 0 Å². The van der Waals surface area contributed by atoms with Crippen molar-refractivity contribution in [2.45, 2.75) is 12.5 Å². The van der Waals surface area contributed by atoms with Gasteiger partial charge in [-0.25, -0.2) is 0 Å². The highest BCUT2D eigenvalue weighted by Gasteiger charge is 2.03. The Morgan fingerprint density at radius 1 is 1.75 bits per heavy atom. The summed E-state index contributed by atoms with van der Waals surface area (Å²) in [5.41, 5.74) is 0. The molecule has 0 bridgehead atoms. The molecule has 0 amide bonds. The molecule has 0 saturated heterocycles. The standard InChI is InChI=1S/C5H9O3/c1-4(7)2-5(8)3-6/h5-6,8H,1-3H2. The first kappa shape index (κ1) is 7.59. The topological polar surface area (TPSA) is 57.5 Å². The van der Waals surface area contributed by atoms with E-state index in [-0.39, 0.29) is 18.8 Å². The maximum Gasteiger partial charge on any atom is 0.136 e. The van der Waals surface area contributed by atoms with Crippen molar-refractivity contribution in [1.82, 2.24) is 0 Å². The van der Waals surface area contributed by atoms with Crippen molar-refractivity contribution in [2.75, 3.05) is 6.61 Å². The van der Waals surface area contributed by atoms with Gasteiger partial charge in [0.2, 0.25) is 0 Å². The van der Waals surface area contributed by atoms with Crippen LogP contribution in [0, 0.1) is 6.92 Å². The van der Waals surface area contributed by atoms with Gasteiger partial charge in [0.15, 0.2) is 0 Å². The Labute approximate surface area is 47.9 Å². The molecular formula is C5H9O3. The van der Waals surface area contributed by atoms with E-state index in [0.717, 1.165) is 0 Å². The third-order valence-corrected chi connectivity index (χ3v) is 0.674. The average Bonchev–Trinajstić information content (AvgIpc) is 1.65. The third-order valence-electron chi connectivity index (χ3n) is 0.674. The maximum atomic E-state index is 10.0. The summed E-state index contributed by atoms with van der Waals surface area (Å²) in [6.07, 6.45) is -0.990. The predicted octanol–water partition coefficient (Wildman–Crippen LogP) is -0.867. The van der Waals surface area contributed by atoms with E-state index in [2.05, 4.69) is 6.92 Å². The molecule has 0 spiro atoms. The number of carbonyl (C=O) groups excluding carboxylic acids is 1. The number of rotatable bonds is 3. The van der Waals surface area contributed by atoms with Crippen LogP contribution in [0.3, 0.4) is 0 Å². The Morgan fingerprint density at radius 2 is 2.25 bits per heavy atom. The van der Waals surface area contributed by atoms with Crippen molar-refractivity contribution in [1.29, 1.82) is 0 Å². The monoisotopic (exact) mass is 117 g/mol. The van der Waals surface area contributed by atoms with Crippen LogP contribution in [0.2, 0.25) is 0 Å². The normalized spacial score (nSPS) is 13.4. The molecule has 0 rings (SSSR count). The van der Waals surface area contributed by atoms with Gasteiger partial charge in [0.05, 0.1) is 12.7 Å². The highest BCUT2D eigenvalue weighted by atomic mass is 16.3. The molecule has 8 heavy (non-hydrogen) atoms. The molecule has 0 aliphatic heterocycles. The molecule has 0 aliphatic rings. The molecule has 0 aromatic heterocycles. The zero-order valence-corrected chi connectivity index (χ0v) is 4.50. The lowest BCUT2D eigenvalue weighted by atomic mass is 10.2. The molecule has 1 atom stereocenters. The molecule has 0 aliphatic carbocycles. The number of hydrogen-bond acceptors (Lipinski definition) is 3. The number of hydrogen-bond donors (Lipinski definition) is 2. The second kappa shape index (κ2) is 3.57. The Bertz CT molecular complexity index is 79.7. The predicted molar refractivity (Wildman–Crippen MR) is 28.1 cm³/mol. The summed E-state index contributed by atoms with van der Waals surface area (Å²) in [7, 11) is 0. The van der Waals surface area contributed by atoms with Gasteiger partial charge in [-0.05, 0) is 0 Å². The Kier molecular flexibility index (Phi) is 3.39. The molecule has 0 saturated carbocycles. The van der Waals surface area contributed by atoms with Crippen LogP contribution in [0.1, 0.15) is 6.42 Å². The summed E-state index contributed by atoms with van der Waals surface area (Å²) >= 11 is 0. The van der Waals surface area contributed by atoms with Crippen molar-refractivity contribution >= 4 is 5.78 Å². The van der Waals surface area contributed by atoms with Crippen LogP contribution >= 0.6 is 0 Å². The van der Waals surface area contributed by atoms with E-state index < -0.39 is 6.10 Å². The largest absolute Gasteiger partial charge is 0.394 e. The van der Waals surface area contributed by atoms with Crippen LogP contribution in [-0.4, -0.2) is 28.7 Å². The molecule has 1 radical (unpaired) electrons. The quantitative estimate of drug-likeness (QED) is 0.505. The van der Waals surface area contributed by atoms with Crippen molar-refractivity contribution in [3.63, 3.8) is 0 Å². The first-order valence-corrected chi connectivity index (χ1v) is 2.30. The molecule has 3 heteroatoms. The summed E-state index contributed by atoms with van der Waals surface area (Å²) in [6, 6.07) is 0. The van der Waals surface area contributed by atoms with Gasteiger partial charge in [0.1, 0.15) is 5.78 Å². The number of aliphatic hydroxyl groups is 2. The average molecular weight is 117 g/mol. The maximum absolute atomic E-state index is 10.0. The molecule has 0 fully saturated rings. The molecule has 0 aromatic rings. The molecule has 0 aromatic carbocycles. The Morgan fingerprint density at radius 3 is 2.38 bits per heavy atom. The fourth-order valence-electron chi connectivity index (χ4n) is 0.327. The van der Waals surface area contributed by atoms with Crippen LogP contribution in [-0.2, 0) is 4.79 Å². The van der Waals surface area contributed by atoms with E-state index in [9.17, 15) is 4.79 Å². The van der Waals surface area contributed by atoms with Gasteiger partial charge in [-0.3, -0.25) is 4.79 Å². The van der Waals surface area contributed by atoms with Gasteiger partial charge < -0.3 is 10.2 Å². The third kappa shape index (κ3) is 3.77. The van der Waals surface area contributed by atoms with E-state index in [1.165, 1.54) is 0 Å².